The number of aromatic nitrogens is 2. The Hall–Kier alpha value is -7.96. The molecule has 2 aliphatic rings. The molecule has 60 heavy (non-hydrogen) atoms. The summed E-state index contributed by atoms with van der Waals surface area (Å²) >= 11 is 0. The molecule has 0 radical (unpaired) electrons. The van der Waals surface area contributed by atoms with Gasteiger partial charge in [0.25, 0.3) is 6.71 Å². The highest BCUT2D eigenvalue weighted by Gasteiger charge is 2.40. The normalized spacial score (nSPS) is 12.9. The molecule has 14 rings (SSSR count). The SMILES string of the molecule is c1ccc2c(c1)Oc1cc(-c3cccc4c3oc3c(-n5c6ccccc6c6cc(-n7c8ccccc8c8ccccc87)ccc65)cccc34)cc3c1B2c1ccccc1O3. The maximum atomic E-state index is 7.13. The first-order chi connectivity index (χ1) is 29.8. The second-order valence-corrected chi connectivity index (χ2v) is 16.0. The maximum Gasteiger partial charge on any atom is 0.260 e. The number of benzene rings is 9. The highest BCUT2D eigenvalue weighted by molar-refractivity contribution is 6.98. The summed E-state index contributed by atoms with van der Waals surface area (Å²) in [4.78, 5) is 0. The number of hydrogen-bond acceptors (Lipinski definition) is 3. The average Bonchev–Trinajstić information content (AvgIpc) is 3.96. The molecule has 6 heteroatoms. The summed E-state index contributed by atoms with van der Waals surface area (Å²) in [6.45, 7) is 0.0211. The Morgan fingerprint density at radius 3 is 1.55 bits per heavy atom. The van der Waals surface area contributed by atoms with Crippen LogP contribution in [0.25, 0.3) is 88.1 Å². The Bertz CT molecular complexity index is 3690. The molecule has 9 aromatic carbocycles. The first-order valence-corrected chi connectivity index (χ1v) is 20.4. The van der Waals surface area contributed by atoms with E-state index in [1.807, 2.05) is 12.1 Å². The van der Waals surface area contributed by atoms with Crippen LogP contribution in [-0.2, 0) is 0 Å². The summed E-state index contributed by atoms with van der Waals surface area (Å²) in [5.74, 6) is 3.35. The molecule has 0 unspecified atom stereocenters. The quantitative estimate of drug-likeness (QED) is 0.168. The average molecular weight is 767 g/mol. The Balaban J connectivity index is 0.965. The standard InChI is InChI=1S/C54H31BN2O3/c1-6-21-43-35(13-1)36-14-2-7-22-44(36)56(43)33-27-28-46-40(31-33)37-15-3-8-23-45(37)57(46)47-24-12-18-39-38-17-11-16-34(53(38)60-54(39)47)32-29-50-52-51(30-32)59-49-26-10-5-20-42(49)55(52)41-19-4-9-25-48(41)58-50/h1-31H. The minimum absolute atomic E-state index is 0.0211. The van der Waals surface area contributed by atoms with E-state index in [0.29, 0.717) is 0 Å². The van der Waals surface area contributed by atoms with Crippen molar-refractivity contribution in [3.63, 3.8) is 0 Å². The third-order valence-corrected chi connectivity index (χ3v) is 12.8. The fraction of sp³-hybridized carbons (Fsp3) is 0. The van der Waals surface area contributed by atoms with Crippen LogP contribution in [-0.4, -0.2) is 15.8 Å². The van der Waals surface area contributed by atoms with Gasteiger partial charge in [-0.2, -0.15) is 0 Å². The van der Waals surface area contributed by atoms with E-state index in [1.165, 1.54) is 32.6 Å². The molecular weight excluding hydrogens is 735 g/mol. The van der Waals surface area contributed by atoms with E-state index in [-0.39, 0.29) is 6.71 Å². The van der Waals surface area contributed by atoms with Crippen LogP contribution in [0.2, 0.25) is 0 Å². The molecule has 0 atom stereocenters. The Kier molecular flexibility index (Phi) is 6.31. The zero-order valence-electron chi connectivity index (χ0n) is 32.1. The summed E-state index contributed by atoms with van der Waals surface area (Å²) in [5.41, 5.74) is 13.7. The van der Waals surface area contributed by atoms with Gasteiger partial charge in [-0.25, -0.2) is 0 Å². The molecule has 278 valence electrons. The van der Waals surface area contributed by atoms with Crippen LogP contribution in [0.5, 0.6) is 23.0 Å². The van der Waals surface area contributed by atoms with E-state index < -0.39 is 0 Å². The highest BCUT2D eigenvalue weighted by atomic mass is 16.5. The van der Waals surface area contributed by atoms with E-state index in [4.69, 9.17) is 13.9 Å². The van der Waals surface area contributed by atoms with Gasteiger partial charge in [-0.3, -0.25) is 0 Å². The van der Waals surface area contributed by atoms with Crippen molar-refractivity contribution in [1.82, 2.24) is 9.13 Å². The van der Waals surface area contributed by atoms with Gasteiger partial charge in [0.1, 0.15) is 28.6 Å². The van der Waals surface area contributed by atoms with Gasteiger partial charge in [-0.1, -0.05) is 121 Å². The Morgan fingerprint density at radius 2 is 0.883 bits per heavy atom. The first kappa shape index (κ1) is 32.1. The molecule has 0 spiro atoms. The molecule has 3 aromatic heterocycles. The molecule has 12 aromatic rings. The molecule has 0 bridgehead atoms. The van der Waals surface area contributed by atoms with Crippen LogP contribution in [0.15, 0.2) is 192 Å². The minimum Gasteiger partial charge on any atom is -0.458 e. The molecule has 0 N–H and O–H groups in total. The summed E-state index contributed by atoms with van der Waals surface area (Å²) in [6, 6.07) is 66.8. The molecule has 0 saturated carbocycles. The number of fused-ring (bicyclic) bond motifs is 13. The van der Waals surface area contributed by atoms with Gasteiger partial charge in [0.2, 0.25) is 0 Å². The van der Waals surface area contributed by atoms with Crippen molar-refractivity contribution in [3.05, 3.63) is 188 Å². The van der Waals surface area contributed by atoms with Crippen molar-refractivity contribution < 1.29 is 13.9 Å². The predicted molar refractivity (Wildman–Crippen MR) is 246 cm³/mol. The van der Waals surface area contributed by atoms with Gasteiger partial charge >= 0.3 is 0 Å². The monoisotopic (exact) mass is 766 g/mol. The molecule has 0 amide bonds. The minimum atomic E-state index is 0.0211. The van der Waals surface area contributed by atoms with Crippen LogP contribution >= 0.6 is 0 Å². The fourth-order valence-corrected chi connectivity index (χ4v) is 10.3. The fourth-order valence-electron chi connectivity index (χ4n) is 10.3. The topological polar surface area (TPSA) is 41.5 Å². The zero-order valence-corrected chi connectivity index (χ0v) is 32.1. The number of ether oxygens (including phenoxy) is 2. The van der Waals surface area contributed by atoms with Crippen molar-refractivity contribution >= 4 is 88.7 Å². The number of para-hydroxylation sites is 7. The molecule has 2 aliphatic heterocycles. The van der Waals surface area contributed by atoms with Gasteiger partial charge in [-0.15, -0.1) is 0 Å². The van der Waals surface area contributed by atoms with Crippen LogP contribution < -0.4 is 25.9 Å². The first-order valence-electron chi connectivity index (χ1n) is 20.4. The van der Waals surface area contributed by atoms with Gasteiger partial charge in [0, 0.05) is 49.0 Å². The summed E-state index contributed by atoms with van der Waals surface area (Å²) in [5, 5.41) is 6.99. The van der Waals surface area contributed by atoms with Gasteiger partial charge in [-0.05, 0) is 83.2 Å². The zero-order chi connectivity index (χ0) is 39.1. The molecule has 5 heterocycles. The van der Waals surface area contributed by atoms with Crippen LogP contribution in [0, 0.1) is 0 Å². The largest absolute Gasteiger partial charge is 0.458 e. The third-order valence-electron chi connectivity index (χ3n) is 12.8. The van der Waals surface area contributed by atoms with Crippen LogP contribution in [0.3, 0.4) is 0 Å². The molecule has 0 fully saturated rings. The molecule has 0 aliphatic carbocycles. The number of nitrogens with zero attached hydrogens (tertiary/aromatic N) is 2. The number of hydrogen-bond donors (Lipinski definition) is 0. The van der Waals surface area contributed by atoms with E-state index in [2.05, 4.69) is 185 Å². The van der Waals surface area contributed by atoms with Crippen molar-refractivity contribution in [1.29, 1.82) is 0 Å². The smallest absolute Gasteiger partial charge is 0.260 e. The van der Waals surface area contributed by atoms with E-state index in [0.717, 1.165) is 94.9 Å². The Labute approximate surface area is 343 Å². The predicted octanol–water partition coefficient (Wildman–Crippen LogP) is 12.2. The van der Waals surface area contributed by atoms with Crippen LogP contribution in [0.1, 0.15) is 0 Å². The lowest BCUT2D eigenvalue weighted by atomic mass is 9.35. The molecule has 5 nitrogen and oxygen atoms in total. The molecule has 0 saturated heterocycles. The highest BCUT2D eigenvalue weighted by Crippen LogP contribution is 2.44. The van der Waals surface area contributed by atoms with Crippen molar-refractivity contribution in [3.8, 4) is 45.5 Å². The number of rotatable bonds is 3. The van der Waals surface area contributed by atoms with Gasteiger partial charge in [0.05, 0.1) is 27.8 Å². The van der Waals surface area contributed by atoms with E-state index in [1.54, 1.807) is 0 Å². The van der Waals surface area contributed by atoms with Crippen molar-refractivity contribution in [2.45, 2.75) is 0 Å². The van der Waals surface area contributed by atoms with E-state index >= 15 is 0 Å². The second kappa shape index (κ2) is 11.8. The summed E-state index contributed by atoms with van der Waals surface area (Å²) in [7, 11) is 0. The second-order valence-electron chi connectivity index (χ2n) is 16.0. The maximum absolute atomic E-state index is 7.13. The van der Waals surface area contributed by atoms with Crippen LogP contribution in [0.4, 0.5) is 0 Å². The van der Waals surface area contributed by atoms with Crippen molar-refractivity contribution in [2.75, 3.05) is 0 Å². The molecular formula is C54H31BN2O3. The van der Waals surface area contributed by atoms with Gasteiger partial charge in [0.15, 0.2) is 5.58 Å². The summed E-state index contributed by atoms with van der Waals surface area (Å²) in [6.07, 6.45) is 0. The third kappa shape index (κ3) is 4.26. The lowest BCUT2D eigenvalue weighted by Gasteiger charge is -2.33. The van der Waals surface area contributed by atoms with E-state index in [9.17, 15) is 0 Å². The van der Waals surface area contributed by atoms with Crippen molar-refractivity contribution in [2.24, 2.45) is 0 Å². The lowest BCUT2D eigenvalue weighted by Crippen LogP contribution is -2.57. The number of furan rings is 1. The van der Waals surface area contributed by atoms with Gasteiger partial charge < -0.3 is 23.0 Å². The summed E-state index contributed by atoms with van der Waals surface area (Å²) < 4.78 is 25.2. The Morgan fingerprint density at radius 1 is 0.367 bits per heavy atom. The lowest BCUT2D eigenvalue weighted by molar-refractivity contribution is 0.465.